The molecule has 160 valence electrons. The smallest absolute Gasteiger partial charge is 0.251 e. The zero-order valence-corrected chi connectivity index (χ0v) is 17.6. The fraction of sp³-hybridized carbons (Fsp3) is 0.130. The average molecular weight is 438 g/mol. The summed E-state index contributed by atoms with van der Waals surface area (Å²) < 4.78 is 22.5. The fourth-order valence-corrected chi connectivity index (χ4v) is 3.43. The predicted molar refractivity (Wildman–Crippen MR) is 118 cm³/mol. The molecule has 0 spiro atoms. The van der Waals surface area contributed by atoms with Gasteiger partial charge in [0, 0.05) is 24.2 Å². The van der Waals surface area contributed by atoms with Crippen molar-refractivity contribution in [3.63, 3.8) is 0 Å². The number of rotatable bonds is 8. The molecule has 0 atom stereocenters. The van der Waals surface area contributed by atoms with Gasteiger partial charge in [-0.2, -0.15) is 0 Å². The zero-order chi connectivity index (χ0) is 22.3. The fourth-order valence-electron chi connectivity index (χ4n) is 2.92. The molecule has 4 N–H and O–H groups in total. The Kier molecular flexibility index (Phi) is 7.17. The van der Waals surface area contributed by atoms with Gasteiger partial charge in [0.2, 0.25) is 10.0 Å². The Morgan fingerprint density at radius 2 is 1.26 bits per heavy atom. The van der Waals surface area contributed by atoms with Gasteiger partial charge in [-0.3, -0.25) is 9.59 Å². The van der Waals surface area contributed by atoms with Gasteiger partial charge in [0.25, 0.3) is 11.8 Å². The highest BCUT2D eigenvalue weighted by molar-refractivity contribution is 7.89. The monoisotopic (exact) mass is 437 g/mol. The van der Waals surface area contributed by atoms with Crippen molar-refractivity contribution in [2.45, 2.75) is 17.9 Å². The molecule has 0 unspecified atom stereocenters. The van der Waals surface area contributed by atoms with Crippen molar-refractivity contribution in [1.29, 1.82) is 0 Å². The molecule has 0 fully saturated rings. The first-order valence-electron chi connectivity index (χ1n) is 9.65. The molecule has 0 aliphatic carbocycles. The highest BCUT2D eigenvalue weighted by atomic mass is 32.2. The zero-order valence-electron chi connectivity index (χ0n) is 16.7. The standard InChI is InChI=1S/C23H23N3O4S/c24-31(29,30)21-12-8-17(9-13-21)14-15-25-22(27)20-10-6-18(7-11-20)16-26-23(28)19-4-2-1-3-5-19/h1-13H,14-16H2,(H,25,27)(H,26,28)(H2,24,29,30). The normalized spacial score (nSPS) is 11.0. The van der Waals surface area contributed by atoms with Gasteiger partial charge in [-0.05, 0) is 53.9 Å². The molecule has 3 aromatic rings. The Labute approximate surface area is 181 Å². The van der Waals surface area contributed by atoms with Crippen molar-refractivity contribution in [3.05, 3.63) is 101 Å². The first kappa shape index (κ1) is 22.2. The van der Waals surface area contributed by atoms with E-state index in [1.54, 1.807) is 48.5 Å². The van der Waals surface area contributed by atoms with Crippen LogP contribution in [0.25, 0.3) is 0 Å². The van der Waals surface area contributed by atoms with Crippen molar-refractivity contribution in [1.82, 2.24) is 10.6 Å². The number of hydrogen-bond acceptors (Lipinski definition) is 4. The van der Waals surface area contributed by atoms with Crippen LogP contribution in [0.15, 0.2) is 83.8 Å². The molecule has 0 aliphatic heterocycles. The maximum Gasteiger partial charge on any atom is 0.251 e. The molecule has 0 aromatic heterocycles. The Hall–Kier alpha value is -3.49. The molecule has 31 heavy (non-hydrogen) atoms. The van der Waals surface area contributed by atoms with Gasteiger partial charge in [-0.15, -0.1) is 0 Å². The Morgan fingerprint density at radius 1 is 0.710 bits per heavy atom. The lowest BCUT2D eigenvalue weighted by atomic mass is 10.1. The molecule has 2 amide bonds. The maximum atomic E-state index is 12.3. The highest BCUT2D eigenvalue weighted by Gasteiger charge is 2.08. The molecule has 0 saturated carbocycles. The number of benzene rings is 3. The summed E-state index contributed by atoms with van der Waals surface area (Å²) in [5, 5.41) is 10.8. The Morgan fingerprint density at radius 3 is 1.87 bits per heavy atom. The third kappa shape index (κ3) is 6.50. The molecular formula is C23H23N3O4S. The van der Waals surface area contributed by atoms with E-state index in [1.165, 1.54) is 12.1 Å². The van der Waals surface area contributed by atoms with Gasteiger partial charge in [-0.1, -0.05) is 42.5 Å². The molecule has 0 bridgehead atoms. The first-order valence-corrected chi connectivity index (χ1v) is 11.2. The van der Waals surface area contributed by atoms with Crippen LogP contribution in [-0.4, -0.2) is 26.8 Å². The van der Waals surface area contributed by atoms with Crippen LogP contribution < -0.4 is 15.8 Å². The Balaban J connectivity index is 1.46. The van der Waals surface area contributed by atoms with E-state index < -0.39 is 10.0 Å². The van der Waals surface area contributed by atoms with Crippen molar-refractivity contribution in [2.75, 3.05) is 6.54 Å². The number of nitrogens with one attached hydrogen (secondary N) is 2. The second kappa shape index (κ2) is 10.0. The lowest BCUT2D eigenvalue weighted by molar-refractivity contribution is 0.0943. The molecule has 3 aromatic carbocycles. The summed E-state index contributed by atoms with van der Waals surface area (Å²) in [4.78, 5) is 24.4. The number of primary sulfonamides is 1. The summed E-state index contributed by atoms with van der Waals surface area (Å²) in [6.45, 7) is 0.770. The van der Waals surface area contributed by atoms with Gasteiger partial charge in [0.15, 0.2) is 0 Å². The van der Waals surface area contributed by atoms with Crippen LogP contribution in [-0.2, 0) is 23.0 Å². The number of carbonyl (C=O) groups excluding carboxylic acids is 2. The van der Waals surface area contributed by atoms with Crippen LogP contribution in [0.2, 0.25) is 0 Å². The van der Waals surface area contributed by atoms with Crippen molar-refractivity contribution >= 4 is 21.8 Å². The second-order valence-electron chi connectivity index (χ2n) is 6.94. The van der Waals surface area contributed by atoms with Gasteiger partial charge < -0.3 is 10.6 Å². The Bertz CT molecular complexity index is 1140. The lowest BCUT2D eigenvalue weighted by Crippen LogP contribution is -2.26. The number of hydrogen-bond donors (Lipinski definition) is 3. The van der Waals surface area contributed by atoms with Crippen LogP contribution in [0.4, 0.5) is 0 Å². The largest absolute Gasteiger partial charge is 0.352 e. The topological polar surface area (TPSA) is 118 Å². The third-order valence-corrected chi connectivity index (χ3v) is 5.59. The van der Waals surface area contributed by atoms with Crippen molar-refractivity contribution in [2.24, 2.45) is 5.14 Å². The minimum atomic E-state index is -3.71. The van der Waals surface area contributed by atoms with E-state index in [9.17, 15) is 18.0 Å². The van der Waals surface area contributed by atoms with Crippen LogP contribution in [0.1, 0.15) is 31.8 Å². The van der Waals surface area contributed by atoms with Gasteiger partial charge in [-0.25, -0.2) is 13.6 Å². The predicted octanol–water partition coefficient (Wildman–Crippen LogP) is 2.24. The molecule has 0 heterocycles. The van der Waals surface area contributed by atoms with Crippen molar-refractivity contribution < 1.29 is 18.0 Å². The van der Waals surface area contributed by atoms with E-state index in [1.807, 2.05) is 18.2 Å². The lowest BCUT2D eigenvalue weighted by Gasteiger charge is -2.08. The summed E-state index contributed by atoms with van der Waals surface area (Å²) >= 11 is 0. The molecule has 7 nitrogen and oxygen atoms in total. The number of nitrogens with two attached hydrogens (primary N) is 1. The van der Waals surface area contributed by atoms with E-state index in [-0.39, 0.29) is 16.7 Å². The summed E-state index contributed by atoms with van der Waals surface area (Å²) in [6.07, 6.45) is 0.556. The molecule has 0 radical (unpaired) electrons. The maximum absolute atomic E-state index is 12.3. The summed E-state index contributed by atoms with van der Waals surface area (Å²) in [5.41, 5.74) is 2.88. The van der Waals surface area contributed by atoms with Crippen LogP contribution in [0, 0.1) is 0 Å². The summed E-state index contributed by atoms with van der Waals surface area (Å²) in [6, 6.07) is 22.2. The SMILES string of the molecule is NS(=O)(=O)c1ccc(CCNC(=O)c2ccc(CNC(=O)c3ccccc3)cc2)cc1. The summed E-state index contributed by atoms with van der Waals surface area (Å²) in [5.74, 6) is -0.361. The van der Waals surface area contributed by atoms with Gasteiger partial charge in [0.1, 0.15) is 0 Å². The summed E-state index contributed by atoms with van der Waals surface area (Å²) in [7, 11) is -3.71. The van der Waals surface area contributed by atoms with Crippen LogP contribution >= 0.6 is 0 Å². The molecular weight excluding hydrogens is 414 g/mol. The van der Waals surface area contributed by atoms with E-state index in [4.69, 9.17) is 5.14 Å². The van der Waals surface area contributed by atoms with Gasteiger partial charge in [0.05, 0.1) is 4.90 Å². The molecule has 0 aliphatic rings. The first-order chi connectivity index (χ1) is 14.8. The van der Waals surface area contributed by atoms with E-state index in [0.29, 0.717) is 30.6 Å². The highest BCUT2D eigenvalue weighted by Crippen LogP contribution is 2.09. The van der Waals surface area contributed by atoms with E-state index >= 15 is 0 Å². The number of carbonyl (C=O) groups is 2. The third-order valence-electron chi connectivity index (χ3n) is 4.66. The van der Waals surface area contributed by atoms with Crippen LogP contribution in [0.3, 0.4) is 0 Å². The molecule has 3 rings (SSSR count). The van der Waals surface area contributed by atoms with Crippen molar-refractivity contribution in [3.8, 4) is 0 Å². The number of amides is 2. The average Bonchev–Trinajstić information content (AvgIpc) is 2.78. The minimum absolute atomic E-state index is 0.0559. The number of sulfonamides is 1. The van der Waals surface area contributed by atoms with E-state index in [2.05, 4.69) is 10.6 Å². The van der Waals surface area contributed by atoms with Crippen LogP contribution in [0.5, 0.6) is 0 Å². The van der Waals surface area contributed by atoms with Gasteiger partial charge >= 0.3 is 0 Å². The minimum Gasteiger partial charge on any atom is -0.352 e. The van der Waals surface area contributed by atoms with E-state index in [0.717, 1.165) is 11.1 Å². The quantitative estimate of drug-likeness (QED) is 0.501. The molecule has 8 heteroatoms. The molecule has 0 saturated heterocycles. The second-order valence-corrected chi connectivity index (χ2v) is 8.50.